The smallest absolute Gasteiger partial charge is 0.0791 e. The van der Waals surface area contributed by atoms with Crippen molar-refractivity contribution in [2.45, 2.75) is 13.8 Å². The van der Waals surface area contributed by atoms with E-state index in [2.05, 4.69) is 23.7 Å². The molecule has 12 heavy (non-hydrogen) atoms. The zero-order chi connectivity index (χ0) is 9.40. The van der Waals surface area contributed by atoms with Gasteiger partial charge in [0.1, 0.15) is 0 Å². The number of hydrogen-bond donors (Lipinski definition) is 0. The summed E-state index contributed by atoms with van der Waals surface area (Å²) in [4.78, 5) is 2.14. The van der Waals surface area contributed by atoms with Gasteiger partial charge in [-0.15, -0.1) is 35.4 Å². The quantitative estimate of drug-likeness (QED) is 0.623. The molecule has 0 aliphatic rings. The first kappa shape index (κ1) is 11.6. The highest BCUT2D eigenvalue weighted by atomic mass is 32.2. The highest BCUT2D eigenvalue weighted by Crippen LogP contribution is 2.22. The molecule has 0 radical (unpaired) electrons. The van der Waals surface area contributed by atoms with Crippen LogP contribution in [-0.4, -0.2) is 12.5 Å². The van der Waals surface area contributed by atoms with Crippen molar-refractivity contribution in [3.8, 4) is 23.7 Å². The van der Waals surface area contributed by atoms with Crippen LogP contribution in [-0.2, 0) is 0 Å². The maximum absolute atomic E-state index is 3.04. The van der Waals surface area contributed by atoms with Gasteiger partial charge in [-0.2, -0.15) is 0 Å². The van der Waals surface area contributed by atoms with Gasteiger partial charge in [0.2, 0.25) is 0 Å². The maximum Gasteiger partial charge on any atom is 0.0791 e. The molecule has 0 fully saturated rings. The second-order valence-electron chi connectivity index (χ2n) is 1.82. The predicted molar refractivity (Wildman–Crippen MR) is 61.0 cm³/mol. The number of allylic oxidation sites excluding steroid dienone is 2. The minimum Gasteiger partial charge on any atom is -0.119 e. The van der Waals surface area contributed by atoms with Crippen molar-refractivity contribution in [1.82, 2.24) is 0 Å². The Morgan fingerprint density at radius 2 is 1.17 bits per heavy atom. The van der Waals surface area contributed by atoms with E-state index in [1.54, 1.807) is 23.5 Å². The Morgan fingerprint density at radius 1 is 0.833 bits per heavy atom. The van der Waals surface area contributed by atoms with Gasteiger partial charge in [0.15, 0.2) is 0 Å². The Labute approximate surface area is 83.6 Å². The summed E-state index contributed by atoms with van der Waals surface area (Å²) in [6.45, 7) is 3.68. The highest BCUT2D eigenvalue weighted by molar-refractivity contribution is 8.06. The van der Waals surface area contributed by atoms with Crippen LogP contribution in [0.2, 0.25) is 0 Å². The van der Waals surface area contributed by atoms with Gasteiger partial charge in [-0.05, 0) is 26.4 Å². The zero-order valence-electron chi connectivity index (χ0n) is 7.82. The molecular weight excluding hydrogens is 184 g/mol. The first-order chi connectivity index (χ1) is 5.79. The highest BCUT2D eigenvalue weighted by Gasteiger charge is 1.97. The van der Waals surface area contributed by atoms with Crippen LogP contribution < -0.4 is 0 Å². The van der Waals surface area contributed by atoms with Crippen molar-refractivity contribution in [3.63, 3.8) is 0 Å². The summed E-state index contributed by atoms with van der Waals surface area (Å²) in [5.74, 6) is 11.8. The summed E-state index contributed by atoms with van der Waals surface area (Å²) in [5.41, 5.74) is 0. The van der Waals surface area contributed by atoms with Crippen LogP contribution in [0.5, 0.6) is 0 Å². The number of hydrogen-bond acceptors (Lipinski definition) is 2. The lowest BCUT2D eigenvalue weighted by Crippen LogP contribution is -1.77. The molecule has 0 aromatic carbocycles. The average Bonchev–Trinajstić information content (AvgIpc) is 2.11. The van der Waals surface area contributed by atoms with E-state index < -0.39 is 0 Å². The molecule has 0 aromatic heterocycles. The van der Waals surface area contributed by atoms with Crippen LogP contribution in [0, 0.1) is 23.7 Å². The molecule has 0 spiro atoms. The molecule has 0 rings (SSSR count). The molecular formula is C10H12S2. The van der Waals surface area contributed by atoms with Gasteiger partial charge in [-0.3, -0.25) is 0 Å². The first-order valence-corrected chi connectivity index (χ1v) is 5.92. The second kappa shape index (κ2) is 7.22. The summed E-state index contributed by atoms with van der Waals surface area (Å²) in [7, 11) is 0. The third kappa shape index (κ3) is 3.81. The fraction of sp³-hybridized carbons (Fsp3) is 0.400. The Bertz CT molecular complexity index is 248. The SMILES string of the molecule is CC#C/C(SC)=C(/C#CC)SC. The summed E-state index contributed by atoms with van der Waals surface area (Å²) in [5, 5.41) is 0. The molecule has 0 unspecified atom stereocenters. The molecule has 0 amide bonds. The normalized spacial score (nSPS) is 10.3. The molecule has 0 aromatic rings. The zero-order valence-corrected chi connectivity index (χ0v) is 9.45. The fourth-order valence-electron chi connectivity index (χ4n) is 0.628. The molecule has 0 saturated heterocycles. The van der Waals surface area contributed by atoms with Crippen molar-refractivity contribution in [2.24, 2.45) is 0 Å². The Balaban J connectivity index is 4.91. The summed E-state index contributed by atoms with van der Waals surface area (Å²) in [6, 6.07) is 0. The lowest BCUT2D eigenvalue weighted by atomic mass is 10.4. The number of thioether (sulfide) groups is 2. The van der Waals surface area contributed by atoms with E-state index in [1.165, 1.54) is 0 Å². The third-order valence-corrected chi connectivity index (χ3v) is 2.65. The Kier molecular flexibility index (Phi) is 6.96. The van der Waals surface area contributed by atoms with E-state index in [4.69, 9.17) is 0 Å². The van der Waals surface area contributed by atoms with Gasteiger partial charge in [0, 0.05) is 0 Å². The van der Waals surface area contributed by atoms with Crippen molar-refractivity contribution in [2.75, 3.05) is 12.5 Å². The predicted octanol–water partition coefficient (Wildman–Crippen LogP) is 2.97. The van der Waals surface area contributed by atoms with Crippen LogP contribution in [0.1, 0.15) is 13.8 Å². The average molecular weight is 196 g/mol. The molecule has 0 N–H and O–H groups in total. The van der Waals surface area contributed by atoms with E-state index in [0.717, 1.165) is 9.81 Å². The molecule has 0 bridgehead atoms. The second-order valence-corrected chi connectivity index (χ2v) is 3.45. The molecule has 0 aliphatic heterocycles. The summed E-state index contributed by atoms with van der Waals surface area (Å²) >= 11 is 3.30. The van der Waals surface area contributed by atoms with Gasteiger partial charge in [0.25, 0.3) is 0 Å². The van der Waals surface area contributed by atoms with Gasteiger partial charge < -0.3 is 0 Å². The lowest BCUT2D eigenvalue weighted by Gasteiger charge is -1.97. The van der Waals surface area contributed by atoms with Crippen LogP contribution in [0.15, 0.2) is 9.81 Å². The monoisotopic (exact) mass is 196 g/mol. The molecule has 2 heteroatoms. The largest absolute Gasteiger partial charge is 0.119 e. The first-order valence-electron chi connectivity index (χ1n) is 3.47. The molecule has 0 aliphatic carbocycles. The van der Waals surface area contributed by atoms with Crippen LogP contribution in [0.4, 0.5) is 0 Å². The Hall–Kier alpha value is -0.440. The van der Waals surface area contributed by atoms with E-state index in [0.29, 0.717) is 0 Å². The lowest BCUT2D eigenvalue weighted by molar-refractivity contribution is 1.85. The van der Waals surface area contributed by atoms with E-state index in [9.17, 15) is 0 Å². The van der Waals surface area contributed by atoms with Crippen LogP contribution in [0.25, 0.3) is 0 Å². The van der Waals surface area contributed by atoms with Crippen molar-refractivity contribution in [1.29, 1.82) is 0 Å². The molecule has 0 atom stereocenters. The van der Waals surface area contributed by atoms with E-state index in [1.807, 2.05) is 26.4 Å². The molecule has 0 saturated carbocycles. The minimum absolute atomic E-state index is 1.07. The van der Waals surface area contributed by atoms with Crippen molar-refractivity contribution < 1.29 is 0 Å². The standard InChI is InChI=1S/C10H12S2/c1-5-7-9(11-3)10(12-4)8-6-2/h1-4H3/b10-9+. The van der Waals surface area contributed by atoms with Crippen LogP contribution in [0.3, 0.4) is 0 Å². The fourth-order valence-corrected chi connectivity index (χ4v) is 2.01. The van der Waals surface area contributed by atoms with Gasteiger partial charge in [0.05, 0.1) is 9.81 Å². The van der Waals surface area contributed by atoms with Crippen molar-refractivity contribution in [3.05, 3.63) is 9.81 Å². The molecule has 0 heterocycles. The van der Waals surface area contributed by atoms with E-state index in [-0.39, 0.29) is 0 Å². The van der Waals surface area contributed by atoms with Crippen LogP contribution >= 0.6 is 23.5 Å². The summed E-state index contributed by atoms with van der Waals surface area (Å²) < 4.78 is 0. The maximum atomic E-state index is 3.04. The van der Waals surface area contributed by atoms with Gasteiger partial charge in [-0.25, -0.2) is 0 Å². The molecule has 0 nitrogen and oxygen atoms in total. The topological polar surface area (TPSA) is 0 Å². The summed E-state index contributed by atoms with van der Waals surface area (Å²) in [6.07, 6.45) is 4.04. The molecule has 64 valence electrons. The van der Waals surface area contributed by atoms with E-state index >= 15 is 0 Å². The number of rotatable bonds is 2. The van der Waals surface area contributed by atoms with Gasteiger partial charge >= 0.3 is 0 Å². The minimum atomic E-state index is 1.07. The Morgan fingerprint density at radius 3 is 1.33 bits per heavy atom. The van der Waals surface area contributed by atoms with Crippen molar-refractivity contribution >= 4 is 23.5 Å². The van der Waals surface area contributed by atoms with Gasteiger partial charge in [-0.1, -0.05) is 11.8 Å². The third-order valence-electron chi connectivity index (χ3n) is 1.09.